The topological polar surface area (TPSA) is 64.1 Å². The van der Waals surface area contributed by atoms with Crippen molar-refractivity contribution in [1.82, 2.24) is 9.97 Å². The first-order valence-corrected chi connectivity index (χ1v) is 6.69. The summed E-state index contributed by atoms with van der Waals surface area (Å²) in [7, 11) is 1.36. The number of esters is 1. The first-order chi connectivity index (χ1) is 8.70. The van der Waals surface area contributed by atoms with Gasteiger partial charge in [-0.1, -0.05) is 0 Å². The van der Waals surface area contributed by atoms with Crippen molar-refractivity contribution >= 4 is 38.9 Å². The van der Waals surface area contributed by atoms with Crippen molar-refractivity contribution in [2.75, 3.05) is 12.4 Å². The standard InChI is InChI=1S/C11H10BrN3O2S/c1-17-11(16)10-7(5-8(12)18-10)15-6-9-13-3-2-4-14-9/h2-5,15H,6H2,1H3. The van der Waals surface area contributed by atoms with E-state index in [0.29, 0.717) is 22.9 Å². The number of nitrogens with zero attached hydrogens (tertiary/aromatic N) is 2. The lowest BCUT2D eigenvalue weighted by molar-refractivity contribution is 0.0607. The van der Waals surface area contributed by atoms with Crippen LogP contribution in [0.15, 0.2) is 28.3 Å². The number of halogens is 1. The summed E-state index contributed by atoms with van der Waals surface area (Å²) in [6.45, 7) is 0.452. The first kappa shape index (κ1) is 13.0. The number of hydrogen-bond acceptors (Lipinski definition) is 6. The van der Waals surface area contributed by atoms with Crippen LogP contribution in [0.5, 0.6) is 0 Å². The maximum absolute atomic E-state index is 11.6. The molecule has 0 unspecified atom stereocenters. The van der Waals surface area contributed by atoms with Gasteiger partial charge in [0.05, 0.1) is 23.1 Å². The van der Waals surface area contributed by atoms with Crippen LogP contribution in [0.25, 0.3) is 0 Å². The summed E-state index contributed by atoms with van der Waals surface area (Å²) < 4.78 is 5.58. The minimum absolute atomic E-state index is 0.359. The number of carbonyl (C=O) groups is 1. The predicted molar refractivity (Wildman–Crippen MR) is 72.7 cm³/mol. The van der Waals surface area contributed by atoms with Crippen LogP contribution >= 0.6 is 27.3 Å². The number of rotatable bonds is 4. The highest BCUT2D eigenvalue weighted by Crippen LogP contribution is 2.31. The van der Waals surface area contributed by atoms with E-state index in [1.807, 2.05) is 6.07 Å². The Hall–Kier alpha value is -1.47. The summed E-state index contributed by atoms with van der Waals surface area (Å²) in [5.41, 5.74) is 0.714. The van der Waals surface area contributed by atoms with Crippen molar-refractivity contribution in [1.29, 1.82) is 0 Å². The Morgan fingerprint density at radius 3 is 2.89 bits per heavy atom. The van der Waals surface area contributed by atoms with Gasteiger partial charge in [0.2, 0.25) is 0 Å². The van der Waals surface area contributed by atoms with Gasteiger partial charge in [-0.05, 0) is 28.1 Å². The molecule has 0 aliphatic rings. The monoisotopic (exact) mass is 327 g/mol. The number of hydrogen-bond donors (Lipinski definition) is 1. The number of methoxy groups -OCH3 is 1. The second-order valence-corrected chi connectivity index (χ2v) is 5.73. The Labute approximate surface area is 116 Å². The van der Waals surface area contributed by atoms with Crippen molar-refractivity contribution in [3.8, 4) is 0 Å². The smallest absolute Gasteiger partial charge is 0.350 e. The van der Waals surface area contributed by atoms with Gasteiger partial charge in [-0.3, -0.25) is 0 Å². The molecule has 0 saturated carbocycles. The number of anilines is 1. The average molecular weight is 328 g/mol. The van der Waals surface area contributed by atoms with Gasteiger partial charge in [0.1, 0.15) is 10.7 Å². The zero-order valence-corrected chi connectivity index (χ0v) is 11.9. The molecule has 2 aromatic heterocycles. The molecule has 94 valence electrons. The van der Waals surface area contributed by atoms with Gasteiger partial charge >= 0.3 is 5.97 Å². The molecule has 0 aliphatic carbocycles. The van der Waals surface area contributed by atoms with Gasteiger partial charge < -0.3 is 10.1 Å². The third-order valence-electron chi connectivity index (χ3n) is 2.13. The molecule has 0 spiro atoms. The van der Waals surface area contributed by atoms with Crippen molar-refractivity contribution in [2.24, 2.45) is 0 Å². The molecular formula is C11H10BrN3O2S. The van der Waals surface area contributed by atoms with Crippen molar-refractivity contribution in [3.63, 3.8) is 0 Å². The second kappa shape index (κ2) is 5.92. The highest BCUT2D eigenvalue weighted by molar-refractivity contribution is 9.11. The molecule has 0 radical (unpaired) electrons. The SMILES string of the molecule is COC(=O)c1sc(Br)cc1NCc1ncccn1. The molecule has 0 atom stereocenters. The van der Waals surface area contributed by atoms with Crippen molar-refractivity contribution in [3.05, 3.63) is 39.0 Å². The van der Waals surface area contributed by atoms with Gasteiger partial charge in [0.15, 0.2) is 0 Å². The number of thiophene rings is 1. The second-order valence-electron chi connectivity index (χ2n) is 3.30. The first-order valence-electron chi connectivity index (χ1n) is 5.08. The Kier molecular flexibility index (Phi) is 4.27. The van der Waals surface area contributed by atoms with Gasteiger partial charge in [0, 0.05) is 12.4 Å². The fourth-order valence-electron chi connectivity index (χ4n) is 1.33. The minimum atomic E-state index is -0.359. The maximum Gasteiger partial charge on any atom is 0.350 e. The molecule has 1 N–H and O–H groups in total. The highest BCUT2D eigenvalue weighted by atomic mass is 79.9. The Balaban J connectivity index is 2.12. The quantitative estimate of drug-likeness (QED) is 0.875. The van der Waals surface area contributed by atoms with Crippen molar-refractivity contribution in [2.45, 2.75) is 6.54 Å². The van der Waals surface area contributed by atoms with E-state index >= 15 is 0 Å². The van der Waals surface area contributed by atoms with E-state index in [2.05, 4.69) is 31.2 Å². The van der Waals surface area contributed by atoms with Crippen LogP contribution in [-0.2, 0) is 11.3 Å². The largest absolute Gasteiger partial charge is 0.465 e. The lowest BCUT2D eigenvalue weighted by Crippen LogP contribution is -2.07. The van der Waals surface area contributed by atoms with E-state index in [1.165, 1.54) is 18.4 Å². The zero-order valence-electron chi connectivity index (χ0n) is 9.51. The van der Waals surface area contributed by atoms with Crippen LogP contribution in [0.2, 0.25) is 0 Å². The molecule has 0 saturated heterocycles. The molecule has 0 bridgehead atoms. The van der Waals surface area contributed by atoms with Gasteiger partial charge in [-0.25, -0.2) is 14.8 Å². The minimum Gasteiger partial charge on any atom is -0.465 e. The summed E-state index contributed by atoms with van der Waals surface area (Å²) in [6, 6.07) is 3.59. The number of carbonyl (C=O) groups excluding carboxylic acids is 1. The van der Waals surface area contributed by atoms with Crippen LogP contribution in [0, 0.1) is 0 Å². The molecule has 7 heteroatoms. The van der Waals surface area contributed by atoms with Crippen molar-refractivity contribution < 1.29 is 9.53 Å². The average Bonchev–Trinajstić information content (AvgIpc) is 2.78. The highest BCUT2D eigenvalue weighted by Gasteiger charge is 2.16. The molecule has 2 rings (SSSR count). The third-order valence-corrected chi connectivity index (χ3v) is 3.75. The van der Waals surface area contributed by atoms with Crippen LogP contribution in [0.1, 0.15) is 15.5 Å². The van der Waals surface area contributed by atoms with Gasteiger partial charge in [-0.2, -0.15) is 0 Å². The van der Waals surface area contributed by atoms with Crippen LogP contribution in [0.4, 0.5) is 5.69 Å². The lowest BCUT2D eigenvalue weighted by atomic mass is 10.4. The van der Waals surface area contributed by atoms with Crippen LogP contribution in [-0.4, -0.2) is 23.0 Å². The molecule has 18 heavy (non-hydrogen) atoms. The van der Waals surface area contributed by atoms with E-state index < -0.39 is 0 Å². The number of nitrogens with one attached hydrogen (secondary N) is 1. The van der Waals surface area contributed by atoms with E-state index in [9.17, 15) is 4.79 Å². The van der Waals surface area contributed by atoms with E-state index in [-0.39, 0.29) is 5.97 Å². The summed E-state index contributed by atoms with van der Waals surface area (Å²) in [5.74, 6) is 0.304. The number of aromatic nitrogens is 2. The summed E-state index contributed by atoms with van der Waals surface area (Å²) >= 11 is 4.67. The van der Waals surface area contributed by atoms with Crippen LogP contribution < -0.4 is 5.32 Å². The summed E-state index contributed by atoms with van der Waals surface area (Å²) in [4.78, 5) is 20.3. The zero-order chi connectivity index (χ0) is 13.0. The van der Waals surface area contributed by atoms with Gasteiger partial charge in [0.25, 0.3) is 0 Å². The Morgan fingerprint density at radius 2 is 2.22 bits per heavy atom. The van der Waals surface area contributed by atoms with Crippen LogP contribution in [0.3, 0.4) is 0 Å². The Bertz CT molecular complexity index is 544. The van der Waals surface area contributed by atoms with Gasteiger partial charge in [-0.15, -0.1) is 11.3 Å². The summed E-state index contributed by atoms with van der Waals surface area (Å²) in [5, 5.41) is 3.12. The van der Waals surface area contributed by atoms with E-state index in [0.717, 1.165) is 3.79 Å². The van der Waals surface area contributed by atoms with E-state index in [1.54, 1.807) is 18.5 Å². The predicted octanol–water partition coefficient (Wildman–Crippen LogP) is 2.70. The molecule has 2 heterocycles. The molecular weight excluding hydrogens is 318 g/mol. The molecule has 0 aliphatic heterocycles. The molecule has 0 amide bonds. The fraction of sp³-hybridized carbons (Fsp3) is 0.182. The third kappa shape index (κ3) is 3.05. The number of ether oxygens (including phenoxy) is 1. The molecule has 0 aromatic carbocycles. The Morgan fingerprint density at radius 1 is 1.50 bits per heavy atom. The van der Waals surface area contributed by atoms with E-state index in [4.69, 9.17) is 4.74 Å². The molecule has 5 nitrogen and oxygen atoms in total. The summed E-state index contributed by atoms with van der Waals surface area (Å²) in [6.07, 6.45) is 3.35. The normalized spacial score (nSPS) is 10.1. The molecule has 2 aromatic rings. The molecule has 0 fully saturated rings. The maximum atomic E-state index is 11.6. The lowest BCUT2D eigenvalue weighted by Gasteiger charge is -2.05. The fourth-order valence-corrected chi connectivity index (χ4v) is 2.83.